The molecule has 98 valence electrons. The summed E-state index contributed by atoms with van der Waals surface area (Å²) in [6.07, 6.45) is 1.14. The van der Waals surface area contributed by atoms with Gasteiger partial charge in [-0.2, -0.15) is 4.98 Å². The molecule has 0 bridgehead atoms. The number of hydrogen-bond donors (Lipinski definition) is 1. The smallest absolute Gasteiger partial charge is 0.268 e. The zero-order valence-corrected chi connectivity index (χ0v) is 11.8. The Morgan fingerprint density at radius 1 is 1.50 bits per heavy atom. The minimum atomic E-state index is -3.24. The van der Waals surface area contributed by atoms with Gasteiger partial charge in [0.2, 0.25) is 0 Å². The molecule has 2 rings (SSSR count). The lowest BCUT2D eigenvalue weighted by atomic mass is 10.3. The molecule has 0 aliphatic heterocycles. The van der Waals surface area contributed by atoms with E-state index in [0.29, 0.717) is 10.9 Å². The molecule has 0 aliphatic carbocycles. The van der Waals surface area contributed by atoms with E-state index >= 15 is 0 Å². The largest absolute Gasteiger partial charge is 0.391 e. The summed E-state index contributed by atoms with van der Waals surface area (Å²) in [5, 5.41) is 3.58. The average Bonchev–Trinajstić information content (AvgIpc) is 2.82. The summed E-state index contributed by atoms with van der Waals surface area (Å²) in [5.74, 6) is 0.471. The van der Waals surface area contributed by atoms with Crippen LogP contribution >= 0.6 is 11.3 Å². The molecule has 2 heterocycles. The second-order valence-electron chi connectivity index (χ2n) is 4.09. The van der Waals surface area contributed by atoms with Gasteiger partial charge in [-0.1, -0.05) is 5.16 Å². The number of nitrogens with two attached hydrogens (primary N) is 1. The zero-order chi connectivity index (χ0) is 13.5. The van der Waals surface area contributed by atoms with Crippen LogP contribution < -0.4 is 5.73 Å². The fraction of sp³-hybridized carbons (Fsp3) is 0.400. The van der Waals surface area contributed by atoms with Crippen molar-refractivity contribution in [2.75, 3.05) is 12.0 Å². The SMILES string of the molecule is Cc1cc(N)sc1-c1nc(C(C)S(C)(=O)=O)no1. The highest BCUT2D eigenvalue weighted by molar-refractivity contribution is 7.90. The number of aryl methyl sites for hydroxylation is 1. The van der Waals surface area contributed by atoms with E-state index in [1.54, 1.807) is 0 Å². The normalized spacial score (nSPS) is 13.7. The minimum Gasteiger partial charge on any atom is -0.391 e. The van der Waals surface area contributed by atoms with Crippen molar-refractivity contribution in [1.29, 1.82) is 0 Å². The molecule has 0 saturated heterocycles. The van der Waals surface area contributed by atoms with E-state index in [4.69, 9.17) is 10.3 Å². The van der Waals surface area contributed by atoms with E-state index in [9.17, 15) is 8.42 Å². The molecule has 2 aromatic rings. The number of nitrogen functional groups attached to an aromatic ring is 1. The van der Waals surface area contributed by atoms with E-state index in [2.05, 4.69) is 10.1 Å². The van der Waals surface area contributed by atoms with Crippen molar-refractivity contribution in [2.24, 2.45) is 0 Å². The van der Waals surface area contributed by atoms with Gasteiger partial charge in [-0.05, 0) is 25.5 Å². The van der Waals surface area contributed by atoms with E-state index in [1.165, 1.54) is 18.3 Å². The number of sulfone groups is 1. The van der Waals surface area contributed by atoms with E-state index in [0.717, 1.165) is 16.7 Å². The highest BCUT2D eigenvalue weighted by Crippen LogP contribution is 2.33. The number of anilines is 1. The van der Waals surface area contributed by atoms with Crippen molar-refractivity contribution < 1.29 is 12.9 Å². The molecule has 2 N–H and O–H groups in total. The van der Waals surface area contributed by atoms with Crippen LogP contribution in [0.5, 0.6) is 0 Å². The van der Waals surface area contributed by atoms with Crippen LogP contribution in [0.3, 0.4) is 0 Å². The second kappa shape index (κ2) is 4.36. The van der Waals surface area contributed by atoms with Gasteiger partial charge < -0.3 is 10.3 Å². The Bertz CT molecular complexity index is 672. The van der Waals surface area contributed by atoms with Crippen LogP contribution in [0.25, 0.3) is 10.8 Å². The van der Waals surface area contributed by atoms with Crippen LogP contribution in [0.2, 0.25) is 0 Å². The summed E-state index contributed by atoms with van der Waals surface area (Å²) in [6, 6.07) is 1.81. The molecule has 2 aromatic heterocycles. The number of rotatable bonds is 3. The van der Waals surface area contributed by atoms with Crippen molar-refractivity contribution in [3.8, 4) is 10.8 Å². The van der Waals surface area contributed by atoms with Crippen LogP contribution in [0, 0.1) is 6.92 Å². The van der Waals surface area contributed by atoms with Gasteiger partial charge in [0.05, 0.1) is 9.88 Å². The summed E-state index contributed by atoms with van der Waals surface area (Å²) in [5.41, 5.74) is 6.62. The first-order valence-corrected chi connectivity index (χ1v) is 7.95. The van der Waals surface area contributed by atoms with Crippen LogP contribution in [0.15, 0.2) is 10.6 Å². The highest BCUT2D eigenvalue weighted by Gasteiger charge is 2.24. The standard InChI is InChI=1S/C10H13N3O3S2/c1-5-4-7(11)17-8(5)10-12-9(13-16-10)6(2)18(3,14)15/h4,6H,11H2,1-3H3. The highest BCUT2D eigenvalue weighted by atomic mass is 32.2. The Kier molecular flexibility index (Phi) is 3.16. The second-order valence-corrected chi connectivity index (χ2v) is 7.54. The predicted octanol–water partition coefficient (Wildman–Crippen LogP) is 1.79. The van der Waals surface area contributed by atoms with Gasteiger partial charge in [0.1, 0.15) is 5.25 Å². The number of aromatic nitrogens is 2. The summed E-state index contributed by atoms with van der Waals surface area (Å²) in [4.78, 5) is 4.89. The van der Waals surface area contributed by atoms with Crippen molar-refractivity contribution >= 4 is 26.2 Å². The maximum Gasteiger partial charge on any atom is 0.268 e. The fourth-order valence-electron chi connectivity index (χ4n) is 1.40. The average molecular weight is 287 g/mol. The topological polar surface area (TPSA) is 99.1 Å². The molecule has 18 heavy (non-hydrogen) atoms. The van der Waals surface area contributed by atoms with Gasteiger partial charge >= 0.3 is 0 Å². The maximum atomic E-state index is 11.4. The molecule has 0 amide bonds. The van der Waals surface area contributed by atoms with Gasteiger partial charge in [-0.15, -0.1) is 11.3 Å². The zero-order valence-electron chi connectivity index (χ0n) is 10.2. The van der Waals surface area contributed by atoms with Crippen molar-refractivity contribution in [1.82, 2.24) is 10.1 Å². The molecule has 0 aliphatic rings. The third-order valence-corrected chi connectivity index (χ3v) is 5.13. The fourth-order valence-corrected chi connectivity index (χ4v) is 2.74. The van der Waals surface area contributed by atoms with Gasteiger partial charge in [-0.25, -0.2) is 8.42 Å². The first kappa shape index (κ1) is 13.0. The first-order valence-electron chi connectivity index (χ1n) is 5.18. The first-order chi connectivity index (χ1) is 8.29. The summed E-state index contributed by atoms with van der Waals surface area (Å²) in [7, 11) is -3.24. The molecule has 0 saturated carbocycles. The molecule has 0 aromatic carbocycles. The maximum absolute atomic E-state index is 11.4. The minimum absolute atomic E-state index is 0.166. The quantitative estimate of drug-likeness (QED) is 0.924. The van der Waals surface area contributed by atoms with Crippen LogP contribution in [0.4, 0.5) is 5.00 Å². The molecular weight excluding hydrogens is 274 g/mol. The van der Waals surface area contributed by atoms with Crippen LogP contribution in [-0.4, -0.2) is 24.8 Å². The number of hydrogen-bond acceptors (Lipinski definition) is 7. The Labute approximate surface area is 109 Å². The Hall–Kier alpha value is -1.41. The third-order valence-electron chi connectivity index (χ3n) is 2.58. The van der Waals surface area contributed by atoms with Crippen molar-refractivity contribution in [3.63, 3.8) is 0 Å². The van der Waals surface area contributed by atoms with Crippen molar-refractivity contribution in [2.45, 2.75) is 19.1 Å². The molecule has 0 radical (unpaired) electrons. The van der Waals surface area contributed by atoms with Gasteiger partial charge in [0.25, 0.3) is 5.89 Å². The van der Waals surface area contributed by atoms with Gasteiger partial charge in [0, 0.05) is 6.26 Å². The third kappa shape index (κ3) is 2.39. The Balaban J connectivity index is 2.40. The Morgan fingerprint density at radius 3 is 2.67 bits per heavy atom. The van der Waals surface area contributed by atoms with E-state index in [1.807, 2.05) is 13.0 Å². The molecular formula is C10H13N3O3S2. The lowest BCUT2D eigenvalue weighted by Gasteiger charge is -2.01. The summed E-state index contributed by atoms with van der Waals surface area (Å²) < 4.78 is 27.9. The molecule has 0 fully saturated rings. The predicted molar refractivity (Wildman–Crippen MR) is 70.0 cm³/mol. The van der Waals surface area contributed by atoms with Crippen LogP contribution in [-0.2, 0) is 9.84 Å². The van der Waals surface area contributed by atoms with Gasteiger partial charge in [0.15, 0.2) is 15.7 Å². The van der Waals surface area contributed by atoms with Crippen LogP contribution in [0.1, 0.15) is 23.6 Å². The number of nitrogens with zero attached hydrogens (tertiary/aromatic N) is 2. The molecule has 8 heteroatoms. The molecule has 1 atom stereocenters. The summed E-state index contributed by atoms with van der Waals surface area (Å²) in [6.45, 7) is 3.41. The van der Waals surface area contributed by atoms with E-state index < -0.39 is 15.1 Å². The molecule has 1 unspecified atom stereocenters. The monoisotopic (exact) mass is 287 g/mol. The summed E-state index contributed by atoms with van der Waals surface area (Å²) >= 11 is 1.33. The Morgan fingerprint density at radius 2 is 2.17 bits per heavy atom. The lowest BCUT2D eigenvalue weighted by Crippen LogP contribution is -2.09. The lowest BCUT2D eigenvalue weighted by molar-refractivity contribution is 0.422. The van der Waals surface area contributed by atoms with Gasteiger partial charge in [-0.3, -0.25) is 0 Å². The molecule has 6 nitrogen and oxygen atoms in total. The molecule has 0 spiro atoms. The van der Waals surface area contributed by atoms with Crippen molar-refractivity contribution in [3.05, 3.63) is 17.5 Å². The van der Waals surface area contributed by atoms with E-state index in [-0.39, 0.29) is 5.82 Å². The number of thiophene rings is 1.